The highest BCUT2D eigenvalue weighted by atomic mass is 79.9. The Bertz CT molecular complexity index is 623. The summed E-state index contributed by atoms with van der Waals surface area (Å²) in [4.78, 5) is 12.0. The number of anilines is 1. The van der Waals surface area contributed by atoms with Crippen LogP contribution in [0.25, 0.3) is 0 Å². The van der Waals surface area contributed by atoms with Gasteiger partial charge in [0.25, 0.3) is 0 Å². The molecule has 2 rings (SSSR count). The molecule has 0 fully saturated rings. The first-order chi connectivity index (χ1) is 8.95. The molecule has 19 heavy (non-hydrogen) atoms. The highest BCUT2D eigenvalue weighted by Crippen LogP contribution is 2.18. The molecule has 0 atom stereocenters. The summed E-state index contributed by atoms with van der Waals surface area (Å²) in [6, 6.07) is 8.10. The number of benzene rings is 2. The molecule has 98 valence electrons. The smallest absolute Gasteiger partial charge is 0.167 e. The minimum atomic E-state index is -0.633. The van der Waals surface area contributed by atoms with Crippen molar-refractivity contribution in [2.24, 2.45) is 0 Å². The van der Waals surface area contributed by atoms with Crippen LogP contribution in [0.15, 0.2) is 40.9 Å². The molecule has 0 unspecified atom stereocenters. The van der Waals surface area contributed by atoms with Gasteiger partial charge in [0.1, 0.15) is 11.6 Å². The molecule has 2 aromatic rings. The third-order valence-electron chi connectivity index (χ3n) is 2.61. The molecule has 5 heteroatoms. The SMILES string of the molecule is Nc1ccc(C(=O)Cc2cc(F)cc(Br)c2)cc1F. The summed E-state index contributed by atoms with van der Waals surface area (Å²) >= 11 is 3.15. The Morgan fingerprint density at radius 2 is 1.89 bits per heavy atom. The number of ketones is 1. The molecule has 0 heterocycles. The molecule has 2 N–H and O–H groups in total. The molecule has 0 aromatic heterocycles. The zero-order valence-electron chi connectivity index (χ0n) is 9.79. The van der Waals surface area contributed by atoms with Crippen molar-refractivity contribution in [2.45, 2.75) is 6.42 Å². The van der Waals surface area contributed by atoms with E-state index in [0.29, 0.717) is 10.0 Å². The van der Waals surface area contributed by atoms with E-state index in [0.717, 1.165) is 6.07 Å². The number of nitrogen functional groups attached to an aromatic ring is 1. The van der Waals surface area contributed by atoms with Crippen LogP contribution in [0.1, 0.15) is 15.9 Å². The van der Waals surface area contributed by atoms with Crippen molar-refractivity contribution in [1.82, 2.24) is 0 Å². The summed E-state index contributed by atoms with van der Waals surface area (Å²) in [6.07, 6.45) is -0.000280. The number of Topliss-reactive ketones (excluding diaryl/α,β-unsaturated/α-hetero) is 1. The van der Waals surface area contributed by atoms with Gasteiger partial charge < -0.3 is 5.73 Å². The van der Waals surface area contributed by atoms with Crippen molar-refractivity contribution in [3.8, 4) is 0 Å². The molecule has 0 bridgehead atoms. The van der Waals surface area contributed by atoms with E-state index in [4.69, 9.17) is 5.73 Å². The topological polar surface area (TPSA) is 43.1 Å². The van der Waals surface area contributed by atoms with E-state index < -0.39 is 11.6 Å². The first kappa shape index (κ1) is 13.7. The Kier molecular flexibility index (Phi) is 3.95. The molecule has 0 radical (unpaired) electrons. The highest BCUT2D eigenvalue weighted by Gasteiger charge is 2.10. The fourth-order valence-electron chi connectivity index (χ4n) is 1.70. The molecular weight excluding hydrogens is 316 g/mol. The lowest BCUT2D eigenvalue weighted by atomic mass is 10.0. The van der Waals surface area contributed by atoms with Gasteiger partial charge in [0.15, 0.2) is 5.78 Å². The Hall–Kier alpha value is -1.75. The minimum absolute atomic E-state index is 0.000280. The second-order valence-electron chi connectivity index (χ2n) is 4.11. The standard InChI is InChI=1S/C14H10BrF2NO/c15-10-3-8(4-11(16)7-10)5-14(19)9-1-2-13(18)12(17)6-9/h1-4,6-7H,5,18H2. The van der Waals surface area contributed by atoms with Crippen LogP contribution in [0.5, 0.6) is 0 Å². The van der Waals surface area contributed by atoms with Crippen LogP contribution in [-0.4, -0.2) is 5.78 Å². The molecule has 0 spiro atoms. The lowest BCUT2D eigenvalue weighted by Gasteiger charge is -2.04. The van der Waals surface area contributed by atoms with Crippen molar-refractivity contribution >= 4 is 27.4 Å². The average molecular weight is 326 g/mol. The normalized spacial score (nSPS) is 10.5. The molecule has 0 aliphatic heterocycles. The van der Waals surface area contributed by atoms with E-state index in [2.05, 4.69) is 15.9 Å². The Balaban J connectivity index is 2.22. The van der Waals surface area contributed by atoms with Crippen molar-refractivity contribution in [3.05, 3.63) is 63.6 Å². The largest absolute Gasteiger partial charge is 0.396 e. The molecule has 0 amide bonds. The molecule has 2 nitrogen and oxygen atoms in total. The maximum atomic E-state index is 13.3. The van der Waals surface area contributed by atoms with E-state index in [9.17, 15) is 13.6 Å². The van der Waals surface area contributed by atoms with E-state index in [1.807, 2.05) is 0 Å². The van der Waals surface area contributed by atoms with Gasteiger partial charge in [-0.05, 0) is 42.0 Å². The van der Waals surface area contributed by atoms with Crippen LogP contribution in [0.3, 0.4) is 0 Å². The second-order valence-corrected chi connectivity index (χ2v) is 5.03. The fraction of sp³-hybridized carbons (Fsp3) is 0.0714. The quantitative estimate of drug-likeness (QED) is 0.690. The zero-order chi connectivity index (χ0) is 14.0. The first-order valence-corrected chi connectivity index (χ1v) is 6.28. The van der Waals surface area contributed by atoms with Gasteiger partial charge in [0, 0.05) is 16.5 Å². The van der Waals surface area contributed by atoms with Crippen LogP contribution in [0, 0.1) is 11.6 Å². The van der Waals surface area contributed by atoms with Crippen molar-refractivity contribution in [2.75, 3.05) is 5.73 Å². The Morgan fingerprint density at radius 3 is 2.53 bits per heavy atom. The lowest BCUT2D eigenvalue weighted by Crippen LogP contribution is -2.05. The molecular formula is C14H10BrF2NO. The third-order valence-corrected chi connectivity index (χ3v) is 3.07. The van der Waals surface area contributed by atoms with E-state index >= 15 is 0 Å². The van der Waals surface area contributed by atoms with Crippen LogP contribution < -0.4 is 5.73 Å². The maximum Gasteiger partial charge on any atom is 0.167 e. The highest BCUT2D eigenvalue weighted by molar-refractivity contribution is 9.10. The van der Waals surface area contributed by atoms with Gasteiger partial charge in [0.05, 0.1) is 5.69 Å². The van der Waals surface area contributed by atoms with Gasteiger partial charge in [0.2, 0.25) is 0 Å². The van der Waals surface area contributed by atoms with E-state index in [-0.39, 0.29) is 23.5 Å². The number of carbonyl (C=O) groups excluding carboxylic acids is 1. The van der Waals surface area contributed by atoms with Gasteiger partial charge >= 0.3 is 0 Å². The summed E-state index contributed by atoms with van der Waals surface area (Å²) < 4.78 is 27.0. The van der Waals surface area contributed by atoms with Crippen LogP contribution in [0.2, 0.25) is 0 Å². The summed E-state index contributed by atoms with van der Waals surface area (Å²) in [6.45, 7) is 0. The predicted molar refractivity (Wildman–Crippen MR) is 72.9 cm³/mol. The monoisotopic (exact) mass is 325 g/mol. The fourth-order valence-corrected chi connectivity index (χ4v) is 2.21. The van der Waals surface area contributed by atoms with Crippen molar-refractivity contribution < 1.29 is 13.6 Å². The Labute approximate surface area is 117 Å². The third kappa shape index (κ3) is 3.38. The number of rotatable bonds is 3. The van der Waals surface area contributed by atoms with Gasteiger partial charge in [-0.15, -0.1) is 0 Å². The lowest BCUT2D eigenvalue weighted by molar-refractivity contribution is 0.0992. The number of halogens is 3. The summed E-state index contributed by atoms with van der Waals surface area (Å²) in [5.74, 6) is -1.36. The molecule has 0 aliphatic rings. The van der Waals surface area contributed by atoms with Crippen LogP contribution >= 0.6 is 15.9 Å². The number of hydrogen-bond acceptors (Lipinski definition) is 2. The number of carbonyl (C=O) groups is 1. The van der Waals surface area contributed by atoms with Gasteiger partial charge in [-0.3, -0.25) is 4.79 Å². The summed E-state index contributed by atoms with van der Waals surface area (Å²) in [5.41, 5.74) is 6.07. The van der Waals surface area contributed by atoms with Gasteiger partial charge in [-0.2, -0.15) is 0 Å². The number of nitrogens with two attached hydrogens (primary N) is 1. The zero-order valence-corrected chi connectivity index (χ0v) is 11.4. The minimum Gasteiger partial charge on any atom is -0.396 e. The van der Waals surface area contributed by atoms with Gasteiger partial charge in [-0.25, -0.2) is 8.78 Å². The van der Waals surface area contributed by atoms with Crippen molar-refractivity contribution in [3.63, 3.8) is 0 Å². The maximum absolute atomic E-state index is 13.3. The molecule has 2 aromatic carbocycles. The van der Waals surface area contributed by atoms with Crippen LogP contribution in [-0.2, 0) is 6.42 Å². The predicted octanol–water partition coefficient (Wildman–Crippen LogP) is 3.73. The Morgan fingerprint density at radius 1 is 1.16 bits per heavy atom. The summed E-state index contributed by atoms with van der Waals surface area (Å²) in [5, 5.41) is 0. The number of hydrogen-bond donors (Lipinski definition) is 1. The average Bonchev–Trinajstić information content (AvgIpc) is 2.31. The van der Waals surface area contributed by atoms with Crippen LogP contribution in [0.4, 0.5) is 14.5 Å². The molecule has 0 aliphatic carbocycles. The molecule has 0 saturated heterocycles. The summed E-state index contributed by atoms with van der Waals surface area (Å²) in [7, 11) is 0. The van der Waals surface area contributed by atoms with Gasteiger partial charge in [-0.1, -0.05) is 15.9 Å². The van der Waals surface area contributed by atoms with Crippen molar-refractivity contribution in [1.29, 1.82) is 0 Å². The second kappa shape index (κ2) is 5.48. The molecule has 0 saturated carbocycles. The van der Waals surface area contributed by atoms with E-state index in [1.165, 1.54) is 24.3 Å². The first-order valence-electron chi connectivity index (χ1n) is 5.49. The van der Waals surface area contributed by atoms with E-state index in [1.54, 1.807) is 6.07 Å².